The van der Waals surface area contributed by atoms with Crippen LogP contribution >= 0.6 is 11.6 Å². The molecule has 0 aromatic carbocycles. The summed E-state index contributed by atoms with van der Waals surface area (Å²) in [5.74, 6) is 1.02. The molecule has 0 radical (unpaired) electrons. The Morgan fingerprint density at radius 2 is 2.23 bits per heavy atom. The van der Waals surface area contributed by atoms with Gasteiger partial charge in [-0.25, -0.2) is 0 Å². The first kappa shape index (κ1) is 12.2. The molecule has 3 nitrogen and oxygen atoms in total. The van der Waals surface area contributed by atoms with Crippen molar-refractivity contribution in [3.63, 3.8) is 0 Å². The second-order valence-electron chi connectivity index (χ2n) is 2.45. The van der Waals surface area contributed by atoms with Crippen molar-refractivity contribution in [1.29, 1.82) is 0 Å². The molecule has 0 rings (SSSR count). The van der Waals surface area contributed by atoms with Gasteiger partial charge in [0, 0.05) is 19.5 Å². The van der Waals surface area contributed by atoms with Crippen LogP contribution in [0.4, 0.5) is 0 Å². The summed E-state index contributed by atoms with van der Waals surface area (Å²) < 4.78 is 0. The number of carbonyl (C=O) groups excluding carboxylic acids is 1. The number of amides is 1. The highest BCUT2D eigenvalue weighted by molar-refractivity contribution is 6.18. The van der Waals surface area contributed by atoms with Crippen molar-refractivity contribution in [2.75, 3.05) is 19.5 Å². The van der Waals surface area contributed by atoms with Crippen LogP contribution in [-0.2, 0) is 4.79 Å². The van der Waals surface area contributed by atoms with Crippen molar-refractivity contribution in [2.45, 2.75) is 13.8 Å². The molecule has 0 fully saturated rings. The Bertz CT molecular complexity index is 224. The van der Waals surface area contributed by atoms with E-state index < -0.39 is 0 Å². The number of hydrogen-bond donors (Lipinski definition) is 0. The maximum Gasteiger partial charge on any atom is 0.251 e. The molecule has 0 saturated carbocycles. The largest absolute Gasteiger partial charge is 0.296 e. The molecule has 0 aliphatic rings. The Morgan fingerprint density at radius 3 is 2.62 bits per heavy atom. The molecule has 0 atom stereocenters. The summed E-state index contributed by atoms with van der Waals surface area (Å²) in [5.41, 5.74) is 0. The summed E-state index contributed by atoms with van der Waals surface area (Å²) in [7, 11) is 1.65. The minimum Gasteiger partial charge on any atom is -0.296 e. The minimum absolute atomic E-state index is 0.0775. The van der Waals surface area contributed by atoms with Crippen molar-refractivity contribution in [2.24, 2.45) is 4.99 Å². The molecule has 0 bridgehead atoms. The number of hydrogen-bond acceptors (Lipinski definition) is 2. The first-order valence-corrected chi connectivity index (χ1v) is 4.64. The third kappa shape index (κ3) is 4.08. The maximum absolute atomic E-state index is 11.4. The van der Waals surface area contributed by atoms with Gasteiger partial charge in [0.2, 0.25) is 0 Å². The zero-order valence-corrected chi connectivity index (χ0v) is 9.01. The van der Waals surface area contributed by atoms with Gasteiger partial charge in [0.05, 0.1) is 0 Å². The fraction of sp³-hybridized carbons (Fsp3) is 0.556. The van der Waals surface area contributed by atoms with Crippen LogP contribution < -0.4 is 0 Å². The molecule has 4 heteroatoms. The lowest BCUT2D eigenvalue weighted by Gasteiger charge is -2.18. The van der Waals surface area contributed by atoms with Gasteiger partial charge >= 0.3 is 0 Å². The number of allylic oxidation sites excluding steroid dienone is 1. The minimum atomic E-state index is -0.0775. The highest BCUT2D eigenvalue weighted by atomic mass is 35.5. The van der Waals surface area contributed by atoms with E-state index in [9.17, 15) is 4.79 Å². The normalized spacial score (nSPS) is 12.2. The predicted octanol–water partition coefficient (Wildman–Crippen LogP) is 1.68. The van der Waals surface area contributed by atoms with Gasteiger partial charge in [-0.2, -0.15) is 0 Å². The average Bonchev–Trinajstić information content (AvgIpc) is 2.13. The van der Waals surface area contributed by atoms with E-state index >= 15 is 0 Å². The average molecular weight is 203 g/mol. The van der Waals surface area contributed by atoms with Gasteiger partial charge in [0.15, 0.2) is 0 Å². The maximum atomic E-state index is 11.4. The molecule has 0 aromatic rings. The number of alkyl halides is 1. The van der Waals surface area contributed by atoms with Crippen molar-refractivity contribution < 1.29 is 4.79 Å². The van der Waals surface area contributed by atoms with Crippen LogP contribution in [0.5, 0.6) is 0 Å². The Morgan fingerprint density at radius 1 is 1.62 bits per heavy atom. The molecule has 0 N–H and O–H groups in total. The molecule has 13 heavy (non-hydrogen) atoms. The molecule has 0 aromatic heterocycles. The number of nitrogens with zero attached hydrogens (tertiary/aromatic N) is 2. The summed E-state index contributed by atoms with van der Waals surface area (Å²) in [4.78, 5) is 16.9. The van der Waals surface area contributed by atoms with E-state index in [1.54, 1.807) is 31.9 Å². The Labute approximate surface area is 84.1 Å². The topological polar surface area (TPSA) is 32.7 Å². The number of halogens is 1. The lowest BCUT2D eigenvalue weighted by Crippen LogP contribution is -2.35. The standard InChI is InChI=1S/C9H15ClN2O/c1-4-5-9(13)12(7-6-10)8(2)11-3/h4-5H,6-7H2,1-3H3/b5-4+,11-8?. The fourth-order valence-corrected chi connectivity index (χ4v) is 1.04. The Hall–Kier alpha value is -0.830. The van der Waals surface area contributed by atoms with Crippen molar-refractivity contribution in [3.05, 3.63) is 12.2 Å². The summed E-state index contributed by atoms with van der Waals surface area (Å²) in [6, 6.07) is 0. The number of amidine groups is 1. The van der Waals surface area contributed by atoms with Gasteiger partial charge < -0.3 is 0 Å². The SMILES string of the molecule is C/C=C/C(=O)N(CCCl)C(C)=NC. The summed E-state index contributed by atoms with van der Waals surface area (Å²) in [6.45, 7) is 4.08. The van der Waals surface area contributed by atoms with Crippen LogP contribution in [0.15, 0.2) is 17.1 Å². The molecule has 0 unspecified atom stereocenters. The molecule has 74 valence electrons. The van der Waals surface area contributed by atoms with E-state index in [0.29, 0.717) is 18.3 Å². The fourth-order valence-electron chi connectivity index (χ4n) is 0.869. The van der Waals surface area contributed by atoms with Crippen molar-refractivity contribution >= 4 is 23.3 Å². The van der Waals surface area contributed by atoms with Gasteiger partial charge in [-0.05, 0) is 19.9 Å². The van der Waals surface area contributed by atoms with Crippen LogP contribution in [-0.4, -0.2) is 36.1 Å². The van der Waals surface area contributed by atoms with E-state index in [2.05, 4.69) is 4.99 Å². The summed E-state index contributed by atoms with van der Waals surface area (Å²) in [6.07, 6.45) is 3.20. The molecular formula is C9H15ClN2O. The molecular weight excluding hydrogens is 188 g/mol. The zero-order valence-electron chi connectivity index (χ0n) is 8.25. The van der Waals surface area contributed by atoms with E-state index in [0.717, 1.165) is 0 Å². The second kappa shape index (κ2) is 6.66. The van der Waals surface area contributed by atoms with E-state index in [1.807, 2.05) is 0 Å². The van der Waals surface area contributed by atoms with Crippen LogP contribution in [0.3, 0.4) is 0 Å². The summed E-state index contributed by atoms with van der Waals surface area (Å²) in [5, 5.41) is 0. The number of rotatable bonds is 3. The molecule has 0 heterocycles. The first-order chi connectivity index (χ1) is 6.17. The third-order valence-corrected chi connectivity index (χ3v) is 1.77. The quantitative estimate of drug-likeness (QED) is 0.297. The smallest absolute Gasteiger partial charge is 0.251 e. The molecule has 0 aliphatic heterocycles. The molecule has 1 amide bonds. The van der Waals surface area contributed by atoms with Crippen molar-refractivity contribution in [1.82, 2.24) is 4.90 Å². The van der Waals surface area contributed by atoms with E-state index in [-0.39, 0.29) is 5.91 Å². The lowest BCUT2D eigenvalue weighted by molar-refractivity contribution is -0.122. The van der Waals surface area contributed by atoms with Crippen LogP contribution in [0.1, 0.15) is 13.8 Å². The Kier molecular flexibility index (Phi) is 6.24. The number of aliphatic imine (C=N–C) groups is 1. The van der Waals surface area contributed by atoms with Crippen molar-refractivity contribution in [3.8, 4) is 0 Å². The van der Waals surface area contributed by atoms with Gasteiger partial charge in [0.25, 0.3) is 5.91 Å². The van der Waals surface area contributed by atoms with E-state index in [1.165, 1.54) is 6.08 Å². The number of carbonyl (C=O) groups is 1. The zero-order chi connectivity index (χ0) is 10.3. The van der Waals surface area contributed by atoms with Gasteiger partial charge in [0.1, 0.15) is 5.84 Å². The second-order valence-corrected chi connectivity index (χ2v) is 2.83. The highest BCUT2D eigenvalue weighted by Crippen LogP contribution is 1.96. The van der Waals surface area contributed by atoms with Gasteiger partial charge in [-0.3, -0.25) is 14.7 Å². The highest BCUT2D eigenvalue weighted by Gasteiger charge is 2.11. The first-order valence-electron chi connectivity index (χ1n) is 4.11. The van der Waals surface area contributed by atoms with Crippen LogP contribution in [0, 0.1) is 0 Å². The van der Waals surface area contributed by atoms with E-state index in [4.69, 9.17) is 11.6 Å². The van der Waals surface area contributed by atoms with Crippen LogP contribution in [0.2, 0.25) is 0 Å². The lowest BCUT2D eigenvalue weighted by atomic mass is 10.4. The molecule has 0 aliphatic carbocycles. The predicted molar refractivity (Wildman–Crippen MR) is 56.3 cm³/mol. The Balaban J connectivity index is 4.50. The molecule has 0 saturated heterocycles. The van der Waals surface area contributed by atoms with Gasteiger partial charge in [-0.15, -0.1) is 11.6 Å². The summed E-state index contributed by atoms with van der Waals surface area (Å²) >= 11 is 5.57. The van der Waals surface area contributed by atoms with Gasteiger partial charge in [-0.1, -0.05) is 6.08 Å². The molecule has 0 spiro atoms. The monoisotopic (exact) mass is 202 g/mol. The third-order valence-electron chi connectivity index (χ3n) is 1.60. The van der Waals surface area contributed by atoms with Crippen LogP contribution in [0.25, 0.3) is 0 Å².